The smallest absolute Gasteiger partial charge is 0.00776 e. The second-order valence-electron chi connectivity index (χ2n) is 6.37. The molecule has 0 aromatic heterocycles. The van der Waals surface area contributed by atoms with Gasteiger partial charge in [0.2, 0.25) is 0 Å². The molecule has 0 unspecified atom stereocenters. The maximum Gasteiger partial charge on any atom is -0.00776 e. The van der Waals surface area contributed by atoms with Gasteiger partial charge in [0.15, 0.2) is 0 Å². The van der Waals surface area contributed by atoms with Crippen molar-refractivity contribution in [2.24, 2.45) is 34.5 Å². The molecule has 5 rings (SSSR count). The summed E-state index contributed by atoms with van der Waals surface area (Å²) in [5.74, 6) is 3.93. The number of rotatable bonds is 0. The van der Waals surface area contributed by atoms with Gasteiger partial charge in [-0.2, -0.15) is 0 Å². The van der Waals surface area contributed by atoms with Crippen molar-refractivity contribution < 1.29 is 0 Å². The molecule has 14 heavy (non-hydrogen) atoms. The topological polar surface area (TPSA) is 0 Å². The lowest BCUT2D eigenvalue weighted by molar-refractivity contribution is 0.277. The van der Waals surface area contributed by atoms with E-state index in [2.05, 4.69) is 24.3 Å². The molecule has 3 saturated carbocycles. The van der Waals surface area contributed by atoms with Crippen LogP contribution in [0.15, 0.2) is 24.3 Å². The number of hydrogen-bond acceptors (Lipinski definition) is 0. The van der Waals surface area contributed by atoms with E-state index in [1.165, 1.54) is 25.7 Å². The Hall–Kier alpha value is -0.520. The molecule has 2 bridgehead atoms. The van der Waals surface area contributed by atoms with E-state index in [0.717, 1.165) is 29.1 Å². The first-order valence-corrected chi connectivity index (χ1v) is 6.24. The highest BCUT2D eigenvalue weighted by Crippen LogP contribution is 2.79. The summed E-state index contributed by atoms with van der Waals surface area (Å²) in [5.41, 5.74) is 1.51. The first-order chi connectivity index (χ1) is 6.86. The van der Waals surface area contributed by atoms with E-state index in [-0.39, 0.29) is 0 Å². The van der Waals surface area contributed by atoms with Crippen LogP contribution in [-0.2, 0) is 0 Å². The third kappa shape index (κ3) is 0.495. The minimum atomic E-state index is 0.713. The Labute approximate surface area is 85.1 Å². The van der Waals surface area contributed by atoms with Crippen molar-refractivity contribution in [3.05, 3.63) is 24.3 Å². The van der Waals surface area contributed by atoms with Crippen LogP contribution in [0.5, 0.6) is 0 Å². The fraction of sp³-hybridized carbons (Fsp3) is 0.714. The van der Waals surface area contributed by atoms with E-state index in [9.17, 15) is 0 Å². The largest absolute Gasteiger partial charge is 0.0842 e. The van der Waals surface area contributed by atoms with Crippen LogP contribution >= 0.6 is 0 Å². The van der Waals surface area contributed by atoms with Gasteiger partial charge in [0.25, 0.3) is 0 Å². The van der Waals surface area contributed by atoms with Crippen molar-refractivity contribution in [1.29, 1.82) is 0 Å². The first kappa shape index (κ1) is 6.87. The number of fused-ring (bicyclic) bond motifs is 4. The predicted octanol–water partition coefficient (Wildman–Crippen LogP) is 3.16. The summed E-state index contributed by atoms with van der Waals surface area (Å²) in [4.78, 5) is 0. The van der Waals surface area contributed by atoms with Gasteiger partial charge in [0.1, 0.15) is 0 Å². The molecule has 0 aromatic carbocycles. The van der Waals surface area contributed by atoms with Crippen LogP contribution in [0.25, 0.3) is 0 Å². The van der Waals surface area contributed by atoms with Gasteiger partial charge in [0.05, 0.1) is 0 Å². The Morgan fingerprint density at radius 3 is 2.36 bits per heavy atom. The van der Waals surface area contributed by atoms with Crippen molar-refractivity contribution in [1.82, 2.24) is 0 Å². The summed E-state index contributed by atoms with van der Waals surface area (Å²) in [6.07, 6.45) is 16.4. The molecule has 3 fully saturated rings. The average Bonchev–Trinajstić information content (AvgIpc) is 3.02. The predicted molar refractivity (Wildman–Crippen MR) is 55.6 cm³/mol. The van der Waals surface area contributed by atoms with Gasteiger partial charge in [-0.25, -0.2) is 0 Å². The normalized spacial score (nSPS) is 56.0. The molecule has 0 heteroatoms. The molecule has 0 aliphatic heterocycles. The Morgan fingerprint density at radius 1 is 0.857 bits per heavy atom. The average molecular weight is 184 g/mol. The SMILES string of the molecule is C1=CC2(CC2)[C@H]2[C@@H]1[C@H]1C=C[C@@H]2C12CC2. The third-order valence-corrected chi connectivity index (χ3v) is 6.04. The highest BCUT2D eigenvalue weighted by atomic mass is 14.8. The first-order valence-electron chi connectivity index (χ1n) is 6.24. The van der Waals surface area contributed by atoms with Gasteiger partial charge in [0, 0.05) is 0 Å². The molecule has 5 aliphatic carbocycles. The van der Waals surface area contributed by atoms with Crippen molar-refractivity contribution in [3.8, 4) is 0 Å². The molecule has 0 amide bonds. The summed E-state index contributed by atoms with van der Waals surface area (Å²) in [7, 11) is 0. The van der Waals surface area contributed by atoms with Crippen LogP contribution in [0.2, 0.25) is 0 Å². The molecule has 0 radical (unpaired) electrons. The Kier molecular flexibility index (Phi) is 0.815. The molecule has 4 atom stereocenters. The van der Waals surface area contributed by atoms with Gasteiger partial charge >= 0.3 is 0 Å². The molecule has 5 aliphatic rings. The highest BCUT2D eigenvalue weighted by molar-refractivity contribution is 5.38. The molecule has 2 spiro atoms. The van der Waals surface area contributed by atoms with Crippen LogP contribution in [0.3, 0.4) is 0 Å². The molecule has 0 nitrogen and oxygen atoms in total. The minimum Gasteiger partial charge on any atom is -0.0842 e. The maximum atomic E-state index is 2.59. The zero-order chi connectivity index (χ0) is 8.97. The zero-order valence-electron chi connectivity index (χ0n) is 8.45. The summed E-state index contributed by atoms with van der Waals surface area (Å²) in [6.45, 7) is 0. The van der Waals surface area contributed by atoms with Crippen molar-refractivity contribution >= 4 is 0 Å². The lowest BCUT2D eigenvalue weighted by Crippen LogP contribution is -2.21. The second-order valence-corrected chi connectivity index (χ2v) is 6.37. The summed E-state index contributed by atoms with van der Waals surface area (Å²) in [5, 5.41) is 0. The van der Waals surface area contributed by atoms with E-state index in [1.54, 1.807) is 0 Å². The highest BCUT2D eigenvalue weighted by Gasteiger charge is 2.72. The van der Waals surface area contributed by atoms with Crippen molar-refractivity contribution in [3.63, 3.8) is 0 Å². The van der Waals surface area contributed by atoms with Crippen molar-refractivity contribution in [2.75, 3.05) is 0 Å². The molecular formula is C14H16. The standard InChI is InChI=1S/C14H16/c1-2-11-12-9(3-4-13(12)5-6-13)10(1)14(11)7-8-14/h1-4,9-12H,5-8H2/t9-,10+,11-,12-/m0/s1. The lowest BCUT2D eigenvalue weighted by atomic mass is 9.78. The molecular weight excluding hydrogens is 168 g/mol. The van der Waals surface area contributed by atoms with Crippen LogP contribution < -0.4 is 0 Å². The van der Waals surface area contributed by atoms with Crippen LogP contribution in [0.1, 0.15) is 25.7 Å². The summed E-state index contributed by atoms with van der Waals surface area (Å²) >= 11 is 0. The molecule has 0 saturated heterocycles. The van der Waals surface area contributed by atoms with Crippen LogP contribution in [0.4, 0.5) is 0 Å². The van der Waals surface area contributed by atoms with E-state index in [1.807, 2.05) is 0 Å². The quantitative estimate of drug-likeness (QED) is 0.507. The summed E-state index contributed by atoms with van der Waals surface area (Å²) < 4.78 is 0. The van der Waals surface area contributed by atoms with Crippen LogP contribution in [0, 0.1) is 34.5 Å². The zero-order valence-corrected chi connectivity index (χ0v) is 8.45. The monoisotopic (exact) mass is 184 g/mol. The molecule has 0 aromatic rings. The van der Waals surface area contributed by atoms with Gasteiger partial charge in [-0.15, -0.1) is 0 Å². The van der Waals surface area contributed by atoms with E-state index >= 15 is 0 Å². The maximum absolute atomic E-state index is 2.59. The Balaban J connectivity index is 1.72. The summed E-state index contributed by atoms with van der Waals surface area (Å²) in [6, 6.07) is 0. The fourth-order valence-electron chi connectivity index (χ4n) is 5.15. The minimum absolute atomic E-state index is 0.713. The fourth-order valence-corrected chi connectivity index (χ4v) is 5.15. The lowest BCUT2D eigenvalue weighted by Gasteiger charge is -2.26. The Morgan fingerprint density at radius 2 is 1.64 bits per heavy atom. The van der Waals surface area contributed by atoms with Gasteiger partial charge in [-0.1, -0.05) is 24.3 Å². The van der Waals surface area contributed by atoms with Gasteiger partial charge in [-0.3, -0.25) is 0 Å². The van der Waals surface area contributed by atoms with E-state index in [0.29, 0.717) is 5.41 Å². The van der Waals surface area contributed by atoms with E-state index < -0.39 is 0 Å². The third-order valence-electron chi connectivity index (χ3n) is 6.04. The molecule has 0 heterocycles. The second kappa shape index (κ2) is 1.66. The number of allylic oxidation sites excluding steroid dienone is 4. The van der Waals surface area contributed by atoms with E-state index in [4.69, 9.17) is 0 Å². The van der Waals surface area contributed by atoms with Crippen molar-refractivity contribution in [2.45, 2.75) is 25.7 Å². The van der Waals surface area contributed by atoms with Gasteiger partial charge < -0.3 is 0 Å². The Bertz CT molecular complexity index is 379. The van der Waals surface area contributed by atoms with Gasteiger partial charge in [-0.05, 0) is 60.2 Å². The number of hydrogen-bond donors (Lipinski definition) is 0. The van der Waals surface area contributed by atoms with Crippen LogP contribution in [-0.4, -0.2) is 0 Å². The molecule has 0 N–H and O–H groups in total. The molecule has 72 valence electrons.